The summed E-state index contributed by atoms with van der Waals surface area (Å²) in [5.41, 5.74) is 4.39. The lowest BCUT2D eigenvalue weighted by Crippen LogP contribution is -2.33. The molecule has 26 heavy (non-hydrogen) atoms. The lowest BCUT2D eigenvalue weighted by Gasteiger charge is -2.31. The number of para-hydroxylation sites is 1. The number of aryl methyl sites for hydroxylation is 1. The summed E-state index contributed by atoms with van der Waals surface area (Å²) in [4.78, 5) is 14.9. The van der Waals surface area contributed by atoms with Gasteiger partial charge >= 0.3 is 0 Å². The average Bonchev–Trinajstić information content (AvgIpc) is 2.66. The molecule has 1 saturated carbocycles. The summed E-state index contributed by atoms with van der Waals surface area (Å²) in [7, 11) is 2.21. The Morgan fingerprint density at radius 3 is 2.46 bits per heavy atom. The molecule has 3 rings (SSSR count). The van der Waals surface area contributed by atoms with E-state index in [0.717, 1.165) is 17.8 Å². The number of carbonyl (C=O) groups is 1. The van der Waals surface area contributed by atoms with E-state index in [0.29, 0.717) is 12.5 Å². The van der Waals surface area contributed by atoms with Crippen molar-refractivity contribution in [3.8, 4) is 0 Å². The van der Waals surface area contributed by atoms with Crippen molar-refractivity contribution in [3.05, 3.63) is 65.2 Å². The Balaban J connectivity index is 1.62. The molecule has 1 aliphatic rings. The van der Waals surface area contributed by atoms with Crippen LogP contribution < -0.4 is 5.32 Å². The fourth-order valence-corrected chi connectivity index (χ4v) is 3.79. The topological polar surface area (TPSA) is 32.3 Å². The normalized spacial score (nSPS) is 15.2. The van der Waals surface area contributed by atoms with Crippen molar-refractivity contribution < 1.29 is 4.79 Å². The highest BCUT2D eigenvalue weighted by atomic mass is 16.1. The van der Waals surface area contributed by atoms with Gasteiger partial charge < -0.3 is 5.32 Å². The summed E-state index contributed by atoms with van der Waals surface area (Å²) in [5.74, 6) is 0.0432. The molecule has 0 aliphatic heterocycles. The summed E-state index contributed by atoms with van der Waals surface area (Å²) in [5, 5.41) is 3.12. The third-order valence-electron chi connectivity index (χ3n) is 5.39. The molecule has 0 spiro atoms. The zero-order chi connectivity index (χ0) is 18.4. The number of nitrogens with one attached hydrogen (secondary N) is 1. The lowest BCUT2D eigenvalue weighted by atomic mass is 9.94. The van der Waals surface area contributed by atoms with Gasteiger partial charge in [-0.3, -0.25) is 9.69 Å². The van der Waals surface area contributed by atoms with Gasteiger partial charge in [0.2, 0.25) is 5.91 Å². The maximum Gasteiger partial charge on any atom is 0.228 e. The summed E-state index contributed by atoms with van der Waals surface area (Å²) in [6.07, 6.45) is 7.04. The largest absolute Gasteiger partial charge is 0.325 e. The van der Waals surface area contributed by atoms with Crippen molar-refractivity contribution in [2.45, 2.75) is 58.0 Å². The van der Waals surface area contributed by atoms with E-state index in [9.17, 15) is 4.79 Å². The number of nitrogens with zero attached hydrogens (tertiary/aromatic N) is 1. The van der Waals surface area contributed by atoms with Gasteiger partial charge in [-0.25, -0.2) is 0 Å². The highest BCUT2D eigenvalue weighted by Crippen LogP contribution is 2.25. The fraction of sp³-hybridized carbons (Fsp3) is 0.435. The second-order valence-electron chi connectivity index (χ2n) is 7.57. The van der Waals surface area contributed by atoms with Gasteiger partial charge in [-0.2, -0.15) is 0 Å². The van der Waals surface area contributed by atoms with E-state index < -0.39 is 0 Å². The molecule has 138 valence electrons. The van der Waals surface area contributed by atoms with Gasteiger partial charge in [0.05, 0.1) is 6.42 Å². The maximum absolute atomic E-state index is 12.5. The average molecular weight is 351 g/mol. The van der Waals surface area contributed by atoms with E-state index in [1.807, 2.05) is 24.3 Å². The molecule has 1 aliphatic carbocycles. The van der Waals surface area contributed by atoms with Crippen molar-refractivity contribution in [1.82, 2.24) is 4.90 Å². The number of benzene rings is 2. The number of anilines is 1. The van der Waals surface area contributed by atoms with Gasteiger partial charge in [0, 0.05) is 18.3 Å². The van der Waals surface area contributed by atoms with Crippen LogP contribution in [0, 0.1) is 6.92 Å². The quantitative estimate of drug-likeness (QED) is 0.800. The molecular formula is C23H30N2O. The van der Waals surface area contributed by atoms with Gasteiger partial charge in [0.1, 0.15) is 0 Å². The van der Waals surface area contributed by atoms with E-state index in [4.69, 9.17) is 0 Å². The third-order valence-corrected chi connectivity index (χ3v) is 5.39. The minimum absolute atomic E-state index is 0.0432. The minimum atomic E-state index is 0.0432. The van der Waals surface area contributed by atoms with Gasteiger partial charge in [0.15, 0.2) is 0 Å². The van der Waals surface area contributed by atoms with Crippen LogP contribution in [0.4, 0.5) is 5.69 Å². The molecule has 3 heteroatoms. The molecule has 1 fully saturated rings. The van der Waals surface area contributed by atoms with Crippen LogP contribution in [0.25, 0.3) is 0 Å². The molecule has 0 aromatic heterocycles. The third kappa shape index (κ3) is 5.18. The van der Waals surface area contributed by atoms with Gasteiger partial charge in [-0.05, 0) is 44.0 Å². The molecule has 0 atom stereocenters. The van der Waals surface area contributed by atoms with E-state index in [-0.39, 0.29) is 5.91 Å². The predicted molar refractivity (Wildman–Crippen MR) is 108 cm³/mol. The first kappa shape index (κ1) is 18.7. The monoisotopic (exact) mass is 350 g/mol. The first-order valence-corrected chi connectivity index (χ1v) is 9.75. The smallest absolute Gasteiger partial charge is 0.228 e. The van der Waals surface area contributed by atoms with Crippen molar-refractivity contribution in [2.24, 2.45) is 0 Å². The van der Waals surface area contributed by atoms with Crippen molar-refractivity contribution in [2.75, 3.05) is 12.4 Å². The van der Waals surface area contributed by atoms with E-state index >= 15 is 0 Å². The van der Waals surface area contributed by atoms with E-state index in [2.05, 4.69) is 48.5 Å². The van der Waals surface area contributed by atoms with Crippen molar-refractivity contribution >= 4 is 11.6 Å². The van der Waals surface area contributed by atoms with Crippen LogP contribution in [-0.2, 0) is 17.8 Å². The Labute approximate surface area is 157 Å². The van der Waals surface area contributed by atoms with Crippen LogP contribution in [0.2, 0.25) is 0 Å². The summed E-state index contributed by atoms with van der Waals surface area (Å²) in [6, 6.07) is 17.0. The number of rotatable bonds is 6. The maximum atomic E-state index is 12.5. The minimum Gasteiger partial charge on any atom is -0.325 e. The summed E-state index contributed by atoms with van der Waals surface area (Å²) < 4.78 is 0. The molecule has 1 N–H and O–H groups in total. The standard InChI is InChI=1S/C23H30N2O/c1-18-12-14-19(15-13-18)16-23(26)24-22-11-7-6-8-20(22)17-25(2)21-9-4-3-5-10-21/h6-8,11-15,21H,3-5,9-10,16-17H2,1-2H3,(H,24,26). The van der Waals surface area contributed by atoms with E-state index in [1.165, 1.54) is 43.2 Å². The van der Waals surface area contributed by atoms with Crippen LogP contribution in [0.3, 0.4) is 0 Å². The Bertz CT molecular complexity index is 717. The van der Waals surface area contributed by atoms with Crippen LogP contribution in [0.5, 0.6) is 0 Å². The fourth-order valence-electron chi connectivity index (χ4n) is 3.79. The van der Waals surface area contributed by atoms with E-state index in [1.54, 1.807) is 0 Å². The van der Waals surface area contributed by atoms with Crippen LogP contribution in [0.1, 0.15) is 48.8 Å². The highest BCUT2D eigenvalue weighted by Gasteiger charge is 2.19. The van der Waals surface area contributed by atoms with Crippen molar-refractivity contribution in [1.29, 1.82) is 0 Å². The Morgan fingerprint density at radius 1 is 1.04 bits per heavy atom. The van der Waals surface area contributed by atoms with Gasteiger partial charge in [-0.15, -0.1) is 0 Å². The first-order valence-electron chi connectivity index (χ1n) is 9.75. The molecule has 3 nitrogen and oxygen atoms in total. The number of carbonyl (C=O) groups excluding carboxylic acids is 1. The summed E-state index contributed by atoms with van der Waals surface area (Å²) in [6.45, 7) is 2.94. The van der Waals surface area contributed by atoms with Crippen LogP contribution in [0.15, 0.2) is 48.5 Å². The molecule has 2 aromatic carbocycles. The molecule has 0 unspecified atom stereocenters. The zero-order valence-electron chi connectivity index (χ0n) is 16.0. The lowest BCUT2D eigenvalue weighted by molar-refractivity contribution is -0.115. The van der Waals surface area contributed by atoms with Gasteiger partial charge in [-0.1, -0.05) is 67.3 Å². The molecule has 1 amide bonds. The molecule has 0 radical (unpaired) electrons. The van der Waals surface area contributed by atoms with Crippen LogP contribution in [-0.4, -0.2) is 23.9 Å². The number of hydrogen-bond donors (Lipinski definition) is 1. The molecule has 0 bridgehead atoms. The molecule has 0 heterocycles. The Morgan fingerprint density at radius 2 is 1.73 bits per heavy atom. The second-order valence-corrected chi connectivity index (χ2v) is 7.57. The zero-order valence-corrected chi connectivity index (χ0v) is 16.0. The SMILES string of the molecule is Cc1ccc(CC(=O)Nc2ccccc2CN(C)C2CCCCC2)cc1. The Hall–Kier alpha value is -2.13. The molecule has 0 saturated heterocycles. The number of hydrogen-bond acceptors (Lipinski definition) is 2. The highest BCUT2D eigenvalue weighted by molar-refractivity contribution is 5.93. The second kappa shape index (κ2) is 9.00. The van der Waals surface area contributed by atoms with Crippen molar-refractivity contribution in [3.63, 3.8) is 0 Å². The number of amides is 1. The summed E-state index contributed by atoms with van der Waals surface area (Å²) >= 11 is 0. The predicted octanol–water partition coefficient (Wildman–Crippen LogP) is 4.94. The van der Waals surface area contributed by atoms with Gasteiger partial charge in [0.25, 0.3) is 0 Å². The van der Waals surface area contributed by atoms with Crippen LogP contribution >= 0.6 is 0 Å². The molecule has 2 aromatic rings. The molecular weight excluding hydrogens is 320 g/mol. The Kier molecular flexibility index (Phi) is 6.45. The first-order chi connectivity index (χ1) is 12.6.